The lowest BCUT2D eigenvalue weighted by Crippen LogP contribution is -2.58. The predicted octanol–water partition coefficient (Wildman–Crippen LogP) is 5.08. The smallest absolute Gasteiger partial charge is 0.334 e. The molecule has 3 aliphatic carbocycles. The average Bonchev–Trinajstić information content (AvgIpc) is 2.63. The molecule has 1 N–H and O–H groups in total. The standard InChI is InChI=1S/C21H26ClN2O3/c1-12-17-8-14(21(17,2)3)9-19(12)26-20-10-16(18(11-23)24(25)27-20)13-4-6-15(22)7-5-13/h4-7,12,14,16-17,19-20,23H,8-10H2,1-3H3/q+1/t12-,14+,16-,17-,19-,20-/m1/s1. The normalized spacial score (nSPS) is 37.2. The summed E-state index contributed by atoms with van der Waals surface area (Å²) in [7, 11) is 0. The lowest BCUT2D eigenvalue weighted by atomic mass is 9.45. The summed E-state index contributed by atoms with van der Waals surface area (Å²) < 4.78 is 6.29. The van der Waals surface area contributed by atoms with Crippen molar-refractivity contribution < 1.29 is 14.5 Å². The zero-order chi connectivity index (χ0) is 19.3. The Hall–Kier alpha value is -1.68. The molecule has 1 aromatic carbocycles. The van der Waals surface area contributed by atoms with Gasteiger partial charge in [-0.25, -0.2) is 0 Å². The Bertz CT molecular complexity index is 800. The third kappa shape index (κ3) is 3.12. The van der Waals surface area contributed by atoms with E-state index in [4.69, 9.17) is 26.6 Å². The molecule has 27 heavy (non-hydrogen) atoms. The Kier molecular flexibility index (Phi) is 4.66. The van der Waals surface area contributed by atoms with E-state index in [0.29, 0.717) is 39.5 Å². The zero-order valence-electron chi connectivity index (χ0n) is 15.9. The van der Waals surface area contributed by atoms with E-state index >= 15 is 0 Å². The van der Waals surface area contributed by atoms with E-state index < -0.39 is 6.29 Å². The van der Waals surface area contributed by atoms with Crippen LogP contribution in [-0.4, -0.2) is 23.2 Å². The maximum absolute atomic E-state index is 12.4. The van der Waals surface area contributed by atoms with E-state index in [1.807, 2.05) is 12.1 Å². The van der Waals surface area contributed by atoms with Crippen LogP contribution in [0, 0.1) is 33.5 Å². The molecule has 0 radical (unpaired) electrons. The lowest BCUT2D eigenvalue weighted by molar-refractivity contribution is -0.802. The molecule has 1 saturated heterocycles. The summed E-state index contributed by atoms with van der Waals surface area (Å²) in [5, 5.41) is 8.14. The first-order chi connectivity index (χ1) is 12.8. The highest BCUT2D eigenvalue weighted by Gasteiger charge is 2.57. The van der Waals surface area contributed by atoms with Gasteiger partial charge in [-0.15, -0.1) is 0 Å². The number of rotatable bonds is 3. The molecule has 6 atom stereocenters. The minimum atomic E-state index is -0.617. The van der Waals surface area contributed by atoms with E-state index in [2.05, 4.69) is 26.6 Å². The topological polar surface area (TPSA) is 62.4 Å². The van der Waals surface area contributed by atoms with E-state index in [1.165, 1.54) is 6.42 Å². The lowest BCUT2D eigenvalue weighted by Gasteiger charge is -2.61. The van der Waals surface area contributed by atoms with E-state index in [0.717, 1.165) is 12.0 Å². The number of nitrogens with zero attached hydrogens (tertiary/aromatic N) is 1. The van der Waals surface area contributed by atoms with Crippen molar-refractivity contribution in [3.63, 3.8) is 0 Å². The van der Waals surface area contributed by atoms with Crippen LogP contribution >= 0.6 is 11.6 Å². The van der Waals surface area contributed by atoms with Gasteiger partial charge in [0.2, 0.25) is 0 Å². The van der Waals surface area contributed by atoms with E-state index in [9.17, 15) is 4.91 Å². The Balaban J connectivity index is 1.50. The first-order valence-corrected chi connectivity index (χ1v) is 10.0. The van der Waals surface area contributed by atoms with Crippen LogP contribution in [0.5, 0.6) is 0 Å². The molecule has 5 rings (SSSR count). The number of fused-ring (bicyclic) bond motifs is 2. The van der Waals surface area contributed by atoms with Gasteiger partial charge in [-0.3, -0.25) is 5.41 Å². The Labute approximate surface area is 164 Å². The number of allylic oxidation sites excluding steroid dienone is 1. The largest absolute Gasteiger partial charge is 0.361 e. The van der Waals surface area contributed by atoms with Gasteiger partial charge >= 0.3 is 5.70 Å². The van der Waals surface area contributed by atoms with Gasteiger partial charge in [-0.2, -0.15) is 4.84 Å². The van der Waals surface area contributed by atoms with Crippen LogP contribution in [-0.2, 0) is 9.57 Å². The van der Waals surface area contributed by atoms with Gasteiger partial charge in [0, 0.05) is 11.4 Å². The predicted molar refractivity (Wildman–Crippen MR) is 103 cm³/mol. The molecule has 6 heteroatoms. The molecule has 0 unspecified atom stereocenters. The molecule has 1 aromatic rings. The second-order valence-corrected chi connectivity index (χ2v) is 9.21. The molecule has 0 aromatic heterocycles. The van der Waals surface area contributed by atoms with E-state index in [-0.39, 0.29) is 17.7 Å². The van der Waals surface area contributed by atoms with Gasteiger partial charge in [-0.05, 0) is 53.7 Å². The summed E-state index contributed by atoms with van der Waals surface area (Å²) in [6, 6.07) is 7.33. The molecule has 5 nitrogen and oxygen atoms in total. The SMILES string of the molecule is C[C@@H]1[C@H]2C[C@@H](C[C@H]1O[C@H]1C[C@H](c3ccc(Cl)cc3)C(=C=N)[N+](=O)O1)C2(C)C. The van der Waals surface area contributed by atoms with Crippen molar-refractivity contribution in [1.29, 1.82) is 5.41 Å². The van der Waals surface area contributed by atoms with Crippen molar-refractivity contribution in [2.45, 2.75) is 58.3 Å². The minimum absolute atomic E-state index is 0.108. The number of hydrogen-bond donors (Lipinski definition) is 1. The molecular weight excluding hydrogens is 364 g/mol. The van der Waals surface area contributed by atoms with Crippen molar-refractivity contribution in [2.24, 2.45) is 23.2 Å². The Morgan fingerprint density at radius 1 is 1.26 bits per heavy atom. The summed E-state index contributed by atoms with van der Waals surface area (Å²) in [5.74, 6) is 3.74. The third-order valence-electron chi connectivity index (χ3n) is 7.18. The van der Waals surface area contributed by atoms with Crippen LogP contribution in [0.15, 0.2) is 30.0 Å². The van der Waals surface area contributed by atoms with Crippen LogP contribution in [0.4, 0.5) is 0 Å². The van der Waals surface area contributed by atoms with Gasteiger partial charge in [0.15, 0.2) is 0 Å². The number of ether oxygens (including phenoxy) is 1. The van der Waals surface area contributed by atoms with Gasteiger partial charge in [0.25, 0.3) is 11.2 Å². The van der Waals surface area contributed by atoms with Gasteiger partial charge in [0.05, 0.1) is 22.8 Å². The molecule has 3 saturated carbocycles. The monoisotopic (exact) mass is 389 g/mol. The highest BCUT2D eigenvalue weighted by atomic mass is 35.5. The summed E-state index contributed by atoms with van der Waals surface area (Å²) in [6.07, 6.45) is 2.28. The van der Waals surface area contributed by atoms with Crippen LogP contribution in [0.25, 0.3) is 0 Å². The van der Waals surface area contributed by atoms with Crippen LogP contribution < -0.4 is 0 Å². The molecule has 4 aliphatic rings. The fraction of sp³-hybridized carbons (Fsp3) is 0.619. The fourth-order valence-electron chi connectivity index (χ4n) is 5.32. The van der Waals surface area contributed by atoms with Crippen molar-refractivity contribution in [2.75, 3.05) is 0 Å². The molecule has 2 bridgehead atoms. The first-order valence-electron chi connectivity index (χ1n) is 9.65. The molecule has 1 aliphatic heterocycles. The van der Waals surface area contributed by atoms with Gasteiger partial charge < -0.3 is 4.74 Å². The van der Waals surface area contributed by atoms with Gasteiger partial charge in [0.1, 0.15) is 0 Å². The maximum atomic E-state index is 12.4. The minimum Gasteiger partial charge on any atom is -0.334 e. The molecular formula is C21H26ClN2O3+. The quantitative estimate of drug-likeness (QED) is 0.733. The second kappa shape index (κ2) is 6.73. The fourth-order valence-corrected chi connectivity index (χ4v) is 5.44. The van der Waals surface area contributed by atoms with Crippen molar-refractivity contribution in [3.05, 3.63) is 45.5 Å². The molecule has 4 fully saturated rings. The Morgan fingerprint density at radius 2 is 1.96 bits per heavy atom. The second-order valence-electron chi connectivity index (χ2n) is 8.77. The first kappa shape index (κ1) is 18.7. The summed E-state index contributed by atoms with van der Waals surface area (Å²) >= 11 is 5.98. The Morgan fingerprint density at radius 3 is 2.56 bits per heavy atom. The summed E-state index contributed by atoms with van der Waals surface area (Å²) in [4.78, 5) is 18.2. The molecule has 144 valence electrons. The third-order valence-corrected chi connectivity index (χ3v) is 7.43. The van der Waals surface area contributed by atoms with Gasteiger partial charge in [-0.1, -0.05) is 44.5 Å². The molecule has 1 heterocycles. The average molecular weight is 390 g/mol. The number of halogens is 1. The van der Waals surface area contributed by atoms with Crippen LogP contribution in [0.3, 0.4) is 0 Å². The highest BCUT2D eigenvalue weighted by Crippen LogP contribution is 2.62. The van der Waals surface area contributed by atoms with Crippen LogP contribution in [0.1, 0.15) is 51.5 Å². The number of benzene rings is 1. The number of hydrogen-bond acceptors (Lipinski definition) is 4. The van der Waals surface area contributed by atoms with Crippen LogP contribution in [0.2, 0.25) is 5.02 Å². The van der Waals surface area contributed by atoms with Crippen molar-refractivity contribution in [3.8, 4) is 0 Å². The maximum Gasteiger partial charge on any atom is 0.361 e. The highest BCUT2D eigenvalue weighted by molar-refractivity contribution is 6.30. The summed E-state index contributed by atoms with van der Waals surface area (Å²) in [5.41, 5.74) is 1.46. The molecule has 0 spiro atoms. The summed E-state index contributed by atoms with van der Waals surface area (Å²) in [6.45, 7) is 6.96. The van der Waals surface area contributed by atoms with E-state index in [1.54, 1.807) is 12.1 Å². The van der Waals surface area contributed by atoms with Crippen molar-refractivity contribution in [1.82, 2.24) is 0 Å². The van der Waals surface area contributed by atoms with Crippen molar-refractivity contribution >= 4 is 17.5 Å². The zero-order valence-corrected chi connectivity index (χ0v) is 16.7. The molecule has 0 amide bonds. The number of nitrogens with one attached hydrogen (secondary N) is 1.